The van der Waals surface area contributed by atoms with Crippen LogP contribution in [0.3, 0.4) is 0 Å². The lowest BCUT2D eigenvalue weighted by atomic mass is 10.7. The van der Waals surface area contributed by atoms with Crippen LogP contribution in [0.1, 0.15) is 0 Å². The van der Waals surface area contributed by atoms with Crippen molar-refractivity contribution < 1.29 is 19.2 Å². The fourth-order valence-corrected chi connectivity index (χ4v) is 0.0267. The molecular weight excluding hydrogens is 162 g/mol. The number of oxime groups is 2. The molecule has 0 amide bonds. The summed E-state index contributed by atoms with van der Waals surface area (Å²) in [6, 6.07) is 0. The Morgan fingerprint density at radius 2 is 1.64 bits per heavy atom. The van der Waals surface area contributed by atoms with Crippen molar-refractivity contribution in [1.29, 1.82) is 0 Å². The quantitative estimate of drug-likeness (QED) is 0.138. The van der Waals surface area contributed by atoms with E-state index in [9.17, 15) is 8.78 Å². The second-order valence-electron chi connectivity index (χ2n) is 1.15. The van der Waals surface area contributed by atoms with Crippen molar-refractivity contribution in [2.75, 3.05) is 6.67 Å². The van der Waals surface area contributed by atoms with Gasteiger partial charge in [0, 0.05) is 0 Å². The average molecular weight is 170 g/mol. The van der Waals surface area contributed by atoms with Crippen LogP contribution in [0.15, 0.2) is 10.3 Å². The largest absolute Gasteiger partial charge is 0.409 e. The molecule has 0 rings (SSSR count). The number of rotatable bonds is 1. The minimum atomic E-state index is -1.31. The first-order valence-electron chi connectivity index (χ1n) is 2.23. The van der Waals surface area contributed by atoms with Gasteiger partial charge in [-0.3, -0.25) is 0 Å². The zero-order chi connectivity index (χ0) is 9.28. The predicted octanol–water partition coefficient (Wildman–Crippen LogP) is -0.638. The number of hydrogen-bond acceptors (Lipinski definition) is 4. The fraction of sp³-hybridized carbons (Fsp3) is 0.333. The lowest BCUT2D eigenvalue weighted by Gasteiger charge is -1.80. The van der Waals surface area contributed by atoms with Gasteiger partial charge in [0.2, 0.25) is 0 Å². The third-order valence-corrected chi connectivity index (χ3v) is 0.361. The third-order valence-electron chi connectivity index (χ3n) is 0.361. The number of alkyl halides is 1. The highest BCUT2D eigenvalue weighted by Gasteiger charge is 1.82. The van der Waals surface area contributed by atoms with Crippen LogP contribution in [0.5, 0.6) is 0 Å². The molecule has 8 heteroatoms. The highest BCUT2D eigenvalue weighted by atomic mass is 19.1. The van der Waals surface area contributed by atoms with E-state index in [1.807, 2.05) is 5.16 Å². The van der Waals surface area contributed by atoms with E-state index >= 15 is 0 Å². The molecule has 0 saturated carbocycles. The fourth-order valence-electron chi connectivity index (χ4n) is 0.0267. The summed E-state index contributed by atoms with van der Waals surface area (Å²) in [6.45, 7) is -0.892. The first-order chi connectivity index (χ1) is 5.08. The second-order valence-corrected chi connectivity index (χ2v) is 1.15. The van der Waals surface area contributed by atoms with Crippen molar-refractivity contribution in [3.8, 4) is 0 Å². The summed E-state index contributed by atoms with van der Waals surface area (Å²) in [4.78, 5) is 0. The van der Waals surface area contributed by atoms with Gasteiger partial charge in [-0.15, -0.1) is 0 Å². The molecule has 0 aliphatic rings. The standard InChI is InChI=1S/C2H5FN2O.CH3FN2O/c3-1-2(4)5-6;2-1(3)4-5/h6H,1H2,(H2,4,5);5H,(H2,3,4). The van der Waals surface area contributed by atoms with Crippen molar-refractivity contribution in [1.82, 2.24) is 0 Å². The van der Waals surface area contributed by atoms with Crippen molar-refractivity contribution in [2.24, 2.45) is 21.8 Å². The van der Waals surface area contributed by atoms with Crippen LogP contribution in [-0.4, -0.2) is 29.0 Å². The molecule has 0 radical (unpaired) electrons. The molecule has 0 aromatic carbocycles. The summed E-state index contributed by atoms with van der Waals surface area (Å²) in [5.74, 6) is -0.394. The van der Waals surface area contributed by atoms with Gasteiger partial charge < -0.3 is 21.9 Å². The van der Waals surface area contributed by atoms with Gasteiger partial charge in [-0.2, -0.15) is 4.39 Å². The molecule has 0 unspecified atom stereocenters. The normalized spacial score (nSPS) is 11.8. The molecule has 0 aromatic heterocycles. The van der Waals surface area contributed by atoms with E-state index in [-0.39, 0.29) is 0 Å². The number of nitrogens with zero attached hydrogens (tertiary/aromatic N) is 2. The van der Waals surface area contributed by atoms with E-state index in [0.717, 1.165) is 0 Å². The van der Waals surface area contributed by atoms with Gasteiger partial charge in [0.25, 0.3) is 0 Å². The van der Waals surface area contributed by atoms with Crippen LogP contribution in [0.2, 0.25) is 0 Å². The lowest BCUT2D eigenvalue weighted by molar-refractivity contribution is 0.310. The Balaban J connectivity index is 0. The Bertz CT molecular complexity index is 144. The van der Waals surface area contributed by atoms with E-state index < -0.39 is 18.6 Å². The van der Waals surface area contributed by atoms with Crippen molar-refractivity contribution in [3.05, 3.63) is 0 Å². The molecule has 11 heavy (non-hydrogen) atoms. The van der Waals surface area contributed by atoms with Gasteiger partial charge >= 0.3 is 6.09 Å². The Morgan fingerprint density at radius 1 is 1.27 bits per heavy atom. The van der Waals surface area contributed by atoms with Gasteiger partial charge in [-0.05, 0) is 5.16 Å². The van der Waals surface area contributed by atoms with Gasteiger partial charge in [-0.25, -0.2) is 4.39 Å². The zero-order valence-corrected chi connectivity index (χ0v) is 5.41. The van der Waals surface area contributed by atoms with Gasteiger partial charge in [0.1, 0.15) is 6.67 Å². The number of nitrogens with two attached hydrogens (primary N) is 2. The minimum Gasteiger partial charge on any atom is -0.409 e. The Hall–Kier alpha value is -1.60. The Kier molecular flexibility index (Phi) is 9.25. The van der Waals surface area contributed by atoms with Crippen LogP contribution in [0.4, 0.5) is 8.78 Å². The maximum atomic E-state index is 11.0. The highest BCUT2D eigenvalue weighted by molar-refractivity contribution is 5.80. The second kappa shape index (κ2) is 8.40. The smallest absolute Gasteiger partial charge is 0.314 e. The first kappa shape index (κ1) is 12.1. The predicted molar refractivity (Wildman–Crippen MR) is 33.9 cm³/mol. The van der Waals surface area contributed by atoms with Crippen LogP contribution in [0, 0.1) is 0 Å². The summed E-state index contributed by atoms with van der Waals surface area (Å²) in [7, 11) is 0. The van der Waals surface area contributed by atoms with Crippen molar-refractivity contribution in [2.45, 2.75) is 0 Å². The van der Waals surface area contributed by atoms with Crippen LogP contribution >= 0.6 is 0 Å². The number of halogens is 2. The topological polar surface area (TPSA) is 117 Å². The van der Waals surface area contributed by atoms with E-state index in [2.05, 4.69) is 16.6 Å². The molecule has 0 fully saturated rings. The van der Waals surface area contributed by atoms with E-state index in [1.54, 1.807) is 0 Å². The van der Waals surface area contributed by atoms with Gasteiger partial charge in [-0.1, -0.05) is 5.16 Å². The maximum Gasteiger partial charge on any atom is 0.314 e. The highest BCUT2D eigenvalue weighted by Crippen LogP contribution is 1.63. The first-order valence-corrected chi connectivity index (χ1v) is 2.23. The molecule has 0 heterocycles. The molecule has 0 aliphatic heterocycles. The molecule has 0 aliphatic carbocycles. The summed E-state index contributed by atoms with van der Waals surface area (Å²) < 4.78 is 21.7. The molecule has 0 aromatic rings. The lowest BCUT2D eigenvalue weighted by Crippen LogP contribution is -2.12. The molecule has 0 spiro atoms. The Morgan fingerprint density at radius 3 is 1.64 bits per heavy atom. The van der Waals surface area contributed by atoms with E-state index in [0.29, 0.717) is 0 Å². The monoisotopic (exact) mass is 170 g/mol. The number of hydrogen-bond donors (Lipinski definition) is 4. The van der Waals surface area contributed by atoms with Gasteiger partial charge in [0.05, 0.1) is 0 Å². The summed E-state index contributed by atoms with van der Waals surface area (Å²) in [6.07, 6.45) is -1.31. The zero-order valence-electron chi connectivity index (χ0n) is 5.41. The van der Waals surface area contributed by atoms with E-state index in [4.69, 9.17) is 10.4 Å². The van der Waals surface area contributed by atoms with Crippen LogP contribution in [-0.2, 0) is 0 Å². The van der Waals surface area contributed by atoms with E-state index in [1.165, 1.54) is 0 Å². The van der Waals surface area contributed by atoms with Crippen molar-refractivity contribution >= 4 is 11.9 Å². The van der Waals surface area contributed by atoms with Crippen LogP contribution in [0.25, 0.3) is 0 Å². The molecule has 0 saturated heterocycles. The molecule has 0 bridgehead atoms. The summed E-state index contributed by atoms with van der Waals surface area (Å²) in [5, 5.41) is 19.0. The summed E-state index contributed by atoms with van der Waals surface area (Å²) >= 11 is 0. The molecular formula is C3H8F2N4O2. The molecule has 66 valence electrons. The maximum absolute atomic E-state index is 11.0. The molecule has 6 N–H and O–H groups in total. The van der Waals surface area contributed by atoms with Crippen molar-refractivity contribution in [3.63, 3.8) is 0 Å². The van der Waals surface area contributed by atoms with Gasteiger partial charge in [0.15, 0.2) is 5.84 Å². The Labute approximate surface area is 60.8 Å². The average Bonchev–Trinajstić information content (AvgIpc) is 2.04. The number of amidine groups is 2. The molecule has 6 nitrogen and oxygen atoms in total. The SMILES string of the molecule is N/C(CF)=N/O.N/C(F)=N/O. The summed E-state index contributed by atoms with van der Waals surface area (Å²) in [5.41, 5.74) is 8.72. The molecule has 0 atom stereocenters. The minimum absolute atomic E-state index is 0.394. The van der Waals surface area contributed by atoms with Crippen LogP contribution < -0.4 is 11.5 Å². The third kappa shape index (κ3) is 17.8.